The number of aromatic nitrogens is 1. The molecule has 0 saturated heterocycles. The third kappa shape index (κ3) is 2.55. The summed E-state index contributed by atoms with van der Waals surface area (Å²) in [5.74, 6) is -1.04. The highest BCUT2D eigenvalue weighted by atomic mass is 16.4. The van der Waals surface area contributed by atoms with Crippen molar-refractivity contribution in [3.05, 3.63) is 24.0 Å². The van der Waals surface area contributed by atoms with Crippen molar-refractivity contribution in [3.8, 4) is 0 Å². The first kappa shape index (κ1) is 12.7. The molecule has 0 atom stereocenters. The quantitative estimate of drug-likeness (QED) is 0.761. The maximum absolute atomic E-state index is 11.8. The molecule has 1 saturated carbocycles. The summed E-state index contributed by atoms with van der Waals surface area (Å²) >= 11 is 0. The second-order valence-electron chi connectivity index (χ2n) is 4.91. The zero-order chi connectivity index (χ0) is 13.0. The van der Waals surface area contributed by atoms with Gasteiger partial charge in [0, 0.05) is 12.7 Å². The molecule has 1 aromatic heterocycles. The second kappa shape index (κ2) is 5.25. The first-order chi connectivity index (χ1) is 8.64. The van der Waals surface area contributed by atoms with Crippen LogP contribution in [0.2, 0.25) is 0 Å². The van der Waals surface area contributed by atoms with Crippen LogP contribution in [0.1, 0.15) is 42.6 Å². The number of rotatable bonds is 4. The Balaban J connectivity index is 1.98. The summed E-state index contributed by atoms with van der Waals surface area (Å²) in [6.07, 6.45) is 5.89. The van der Waals surface area contributed by atoms with E-state index in [2.05, 4.69) is 10.3 Å². The molecule has 1 aliphatic carbocycles. The smallest absolute Gasteiger partial charge is 0.311 e. The molecular formula is C13H18N2O3. The van der Waals surface area contributed by atoms with E-state index in [9.17, 15) is 14.7 Å². The minimum atomic E-state index is -0.797. The number of carbonyl (C=O) groups is 2. The maximum Gasteiger partial charge on any atom is 0.311 e. The monoisotopic (exact) mass is 250 g/mol. The molecule has 3 N–H and O–H groups in total. The van der Waals surface area contributed by atoms with Crippen LogP contribution in [0.3, 0.4) is 0 Å². The predicted octanol–water partition coefficient (Wildman–Crippen LogP) is 1.78. The van der Waals surface area contributed by atoms with Crippen molar-refractivity contribution in [2.24, 2.45) is 5.41 Å². The van der Waals surface area contributed by atoms with Gasteiger partial charge in [-0.1, -0.05) is 19.3 Å². The number of carboxylic acid groups (broad SMARTS) is 1. The van der Waals surface area contributed by atoms with E-state index in [-0.39, 0.29) is 12.5 Å². The summed E-state index contributed by atoms with van der Waals surface area (Å²) in [6, 6.07) is 3.41. The van der Waals surface area contributed by atoms with Crippen LogP contribution in [-0.4, -0.2) is 28.5 Å². The van der Waals surface area contributed by atoms with Crippen molar-refractivity contribution in [3.63, 3.8) is 0 Å². The number of aromatic amines is 1. The summed E-state index contributed by atoms with van der Waals surface area (Å²) in [6.45, 7) is 0.209. The molecule has 0 unspecified atom stereocenters. The lowest BCUT2D eigenvalue weighted by Crippen LogP contribution is -2.44. The highest BCUT2D eigenvalue weighted by Crippen LogP contribution is 2.36. The molecule has 1 fully saturated rings. The summed E-state index contributed by atoms with van der Waals surface area (Å²) in [4.78, 5) is 26.0. The van der Waals surface area contributed by atoms with Crippen molar-refractivity contribution in [1.29, 1.82) is 0 Å². The van der Waals surface area contributed by atoms with E-state index in [1.165, 1.54) is 0 Å². The molecule has 0 spiro atoms. The van der Waals surface area contributed by atoms with Gasteiger partial charge in [-0.2, -0.15) is 0 Å². The molecule has 0 radical (unpaired) electrons. The molecule has 98 valence electrons. The van der Waals surface area contributed by atoms with Crippen LogP contribution in [0.25, 0.3) is 0 Å². The minimum Gasteiger partial charge on any atom is -0.481 e. The molecule has 5 heteroatoms. The van der Waals surface area contributed by atoms with Crippen molar-refractivity contribution in [2.75, 3.05) is 6.54 Å². The van der Waals surface area contributed by atoms with Gasteiger partial charge in [0.2, 0.25) is 0 Å². The zero-order valence-electron chi connectivity index (χ0n) is 10.2. The van der Waals surface area contributed by atoms with Crippen LogP contribution in [0.5, 0.6) is 0 Å². The molecule has 0 aliphatic heterocycles. The number of aliphatic carboxylic acids is 1. The summed E-state index contributed by atoms with van der Waals surface area (Å²) in [5, 5.41) is 12.1. The largest absolute Gasteiger partial charge is 0.481 e. The van der Waals surface area contributed by atoms with Gasteiger partial charge in [0.25, 0.3) is 5.91 Å². The number of carbonyl (C=O) groups excluding carboxylic acids is 1. The number of nitrogens with one attached hydrogen (secondary N) is 2. The minimum absolute atomic E-state index is 0.209. The van der Waals surface area contributed by atoms with Crippen LogP contribution in [0.15, 0.2) is 18.3 Å². The van der Waals surface area contributed by atoms with E-state index in [0.717, 1.165) is 19.3 Å². The van der Waals surface area contributed by atoms with Crippen molar-refractivity contribution in [1.82, 2.24) is 10.3 Å². The molecule has 1 aliphatic rings. The number of carboxylic acids is 1. The lowest BCUT2D eigenvalue weighted by molar-refractivity contribution is -0.150. The normalized spacial score (nSPS) is 18.2. The molecule has 1 amide bonds. The van der Waals surface area contributed by atoms with Gasteiger partial charge >= 0.3 is 5.97 Å². The van der Waals surface area contributed by atoms with E-state index in [4.69, 9.17) is 0 Å². The SMILES string of the molecule is O=C(NCC1(C(=O)O)CCCCC1)c1ccc[nH]1. The molecule has 0 bridgehead atoms. The Labute approximate surface area is 106 Å². The lowest BCUT2D eigenvalue weighted by Gasteiger charge is -2.33. The number of H-pyrrole nitrogens is 1. The van der Waals surface area contributed by atoms with Gasteiger partial charge in [0.15, 0.2) is 0 Å². The first-order valence-electron chi connectivity index (χ1n) is 6.29. The van der Waals surface area contributed by atoms with Gasteiger partial charge in [-0.15, -0.1) is 0 Å². The Kier molecular flexibility index (Phi) is 3.69. The first-order valence-corrected chi connectivity index (χ1v) is 6.29. The Bertz CT molecular complexity index is 419. The average Bonchev–Trinajstić information content (AvgIpc) is 2.91. The van der Waals surface area contributed by atoms with Gasteiger partial charge < -0.3 is 15.4 Å². The van der Waals surface area contributed by atoms with E-state index >= 15 is 0 Å². The van der Waals surface area contributed by atoms with Crippen molar-refractivity contribution < 1.29 is 14.7 Å². The van der Waals surface area contributed by atoms with Crippen LogP contribution < -0.4 is 5.32 Å². The van der Waals surface area contributed by atoms with Crippen LogP contribution in [0, 0.1) is 5.41 Å². The Morgan fingerprint density at radius 1 is 1.33 bits per heavy atom. The third-order valence-corrected chi connectivity index (χ3v) is 3.69. The Hall–Kier alpha value is -1.78. The van der Waals surface area contributed by atoms with Gasteiger partial charge in [0.05, 0.1) is 5.41 Å². The Morgan fingerprint density at radius 2 is 2.06 bits per heavy atom. The van der Waals surface area contributed by atoms with Crippen molar-refractivity contribution in [2.45, 2.75) is 32.1 Å². The molecule has 18 heavy (non-hydrogen) atoms. The van der Waals surface area contributed by atoms with E-state index in [1.807, 2.05) is 0 Å². The summed E-state index contributed by atoms with van der Waals surface area (Å²) in [5.41, 5.74) is -0.313. The van der Waals surface area contributed by atoms with Gasteiger partial charge in [0.1, 0.15) is 5.69 Å². The standard InChI is InChI=1S/C13H18N2O3/c16-11(10-5-4-8-14-10)15-9-13(12(17)18)6-2-1-3-7-13/h4-5,8,14H,1-3,6-7,9H2,(H,15,16)(H,17,18). The van der Waals surface area contributed by atoms with Crippen LogP contribution in [-0.2, 0) is 4.79 Å². The molecule has 1 heterocycles. The molecule has 1 aromatic rings. The van der Waals surface area contributed by atoms with Crippen LogP contribution in [0.4, 0.5) is 0 Å². The maximum atomic E-state index is 11.8. The third-order valence-electron chi connectivity index (χ3n) is 3.69. The molecule has 5 nitrogen and oxygen atoms in total. The van der Waals surface area contributed by atoms with Gasteiger partial charge in [-0.3, -0.25) is 9.59 Å². The molecule has 2 rings (SSSR count). The number of hydrogen-bond donors (Lipinski definition) is 3. The fraction of sp³-hybridized carbons (Fsp3) is 0.538. The van der Waals surface area contributed by atoms with Gasteiger partial charge in [-0.25, -0.2) is 0 Å². The molecule has 0 aromatic carbocycles. The van der Waals surface area contributed by atoms with Crippen LogP contribution >= 0.6 is 0 Å². The Morgan fingerprint density at radius 3 is 2.61 bits per heavy atom. The number of amides is 1. The summed E-state index contributed by atoms with van der Waals surface area (Å²) < 4.78 is 0. The topological polar surface area (TPSA) is 82.2 Å². The zero-order valence-corrected chi connectivity index (χ0v) is 10.2. The number of hydrogen-bond acceptors (Lipinski definition) is 2. The van der Waals surface area contributed by atoms with E-state index in [0.29, 0.717) is 18.5 Å². The van der Waals surface area contributed by atoms with E-state index < -0.39 is 11.4 Å². The predicted molar refractivity (Wildman–Crippen MR) is 66.3 cm³/mol. The molecular weight excluding hydrogens is 232 g/mol. The second-order valence-corrected chi connectivity index (χ2v) is 4.91. The fourth-order valence-electron chi connectivity index (χ4n) is 2.51. The highest BCUT2D eigenvalue weighted by Gasteiger charge is 2.39. The van der Waals surface area contributed by atoms with E-state index in [1.54, 1.807) is 18.3 Å². The fourth-order valence-corrected chi connectivity index (χ4v) is 2.51. The lowest BCUT2D eigenvalue weighted by atomic mass is 9.74. The highest BCUT2D eigenvalue weighted by molar-refractivity contribution is 5.92. The summed E-state index contributed by atoms with van der Waals surface area (Å²) in [7, 11) is 0. The van der Waals surface area contributed by atoms with Gasteiger partial charge in [-0.05, 0) is 25.0 Å². The average molecular weight is 250 g/mol. The van der Waals surface area contributed by atoms with Crippen molar-refractivity contribution >= 4 is 11.9 Å².